The van der Waals surface area contributed by atoms with Crippen LogP contribution in [0.25, 0.3) is 0 Å². The Balaban J connectivity index is 2.02. The summed E-state index contributed by atoms with van der Waals surface area (Å²) in [5.74, 6) is -0.570. The van der Waals surface area contributed by atoms with Gasteiger partial charge in [-0.05, 0) is 31.2 Å². The van der Waals surface area contributed by atoms with E-state index < -0.39 is 17.8 Å². The Kier molecular flexibility index (Phi) is 5.04. The first-order valence-corrected chi connectivity index (χ1v) is 6.90. The van der Waals surface area contributed by atoms with Crippen LogP contribution in [0.5, 0.6) is 5.75 Å². The average Bonchev–Trinajstić information content (AvgIpc) is 2.45. The molecule has 1 amide bonds. The highest BCUT2D eigenvalue weighted by Gasteiger charge is 2.16. The molecule has 0 aliphatic carbocycles. The molecular weight excluding hydrogens is 316 g/mol. The Morgan fingerprint density at radius 1 is 1.19 bits per heavy atom. The van der Waals surface area contributed by atoms with Gasteiger partial charge in [-0.1, -0.05) is 35.3 Å². The second kappa shape index (κ2) is 6.78. The van der Waals surface area contributed by atoms with E-state index in [4.69, 9.17) is 27.9 Å². The first-order valence-electron chi connectivity index (χ1n) is 6.14. The van der Waals surface area contributed by atoms with E-state index in [0.717, 1.165) is 0 Å². The smallest absolute Gasteiger partial charge is 0.265 e. The number of carbonyl (C=O) groups is 1. The molecule has 0 aliphatic rings. The number of anilines is 1. The lowest BCUT2D eigenvalue weighted by Gasteiger charge is -2.15. The van der Waals surface area contributed by atoms with Gasteiger partial charge in [-0.2, -0.15) is 0 Å². The van der Waals surface area contributed by atoms with Crippen LogP contribution in [0.2, 0.25) is 10.0 Å². The molecule has 6 heteroatoms. The maximum Gasteiger partial charge on any atom is 0.265 e. The van der Waals surface area contributed by atoms with E-state index >= 15 is 0 Å². The lowest BCUT2D eigenvalue weighted by atomic mass is 10.3. The van der Waals surface area contributed by atoms with Crippen molar-refractivity contribution in [3.8, 4) is 5.75 Å². The van der Waals surface area contributed by atoms with E-state index in [9.17, 15) is 9.18 Å². The Morgan fingerprint density at radius 3 is 2.57 bits per heavy atom. The number of nitrogens with one attached hydrogen (secondary N) is 1. The highest BCUT2D eigenvalue weighted by molar-refractivity contribution is 6.42. The molecule has 21 heavy (non-hydrogen) atoms. The van der Waals surface area contributed by atoms with Crippen molar-refractivity contribution in [3.05, 3.63) is 58.3 Å². The number of rotatable bonds is 4. The lowest BCUT2D eigenvalue weighted by molar-refractivity contribution is -0.122. The molecule has 1 atom stereocenters. The lowest BCUT2D eigenvalue weighted by Crippen LogP contribution is -2.30. The molecule has 0 fully saturated rings. The number of carbonyl (C=O) groups excluding carboxylic acids is 1. The number of hydrogen-bond donors (Lipinski definition) is 1. The van der Waals surface area contributed by atoms with Crippen molar-refractivity contribution in [2.75, 3.05) is 5.32 Å². The second-order valence-corrected chi connectivity index (χ2v) is 5.12. The van der Waals surface area contributed by atoms with Gasteiger partial charge in [0.25, 0.3) is 5.91 Å². The normalized spacial score (nSPS) is 11.8. The zero-order valence-electron chi connectivity index (χ0n) is 11.1. The van der Waals surface area contributed by atoms with Crippen LogP contribution in [-0.4, -0.2) is 12.0 Å². The van der Waals surface area contributed by atoms with Crippen LogP contribution in [0.4, 0.5) is 10.1 Å². The zero-order valence-corrected chi connectivity index (χ0v) is 12.6. The van der Waals surface area contributed by atoms with Crippen molar-refractivity contribution >= 4 is 34.8 Å². The van der Waals surface area contributed by atoms with E-state index in [2.05, 4.69) is 5.32 Å². The molecule has 0 saturated carbocycles. The van der Waals surface area contributed by atoms with Crippen LogP contribution >= 0.6 is 23.2 Å². The van der Waals surface area contributed by atoms with Crippen LogP contribution in [0.15, 0.2) is 42.5 Å². The number of amides is 1. The third kappa shape index (κ3) is 4.09. The van der Waals surface area contributed by atoms with Gasteiger partial charge in [0.2, 0.25) is 0 Å². The fourth-order valence-corrected chi connectivity index (χ4v) is 1.89. The molecule has 0 bridgehead atoms. The largest absolute Gasteiger partial charge is 0.481 e. The quantitative estimate of drug-likeness (QED) is 0.895. The molecule has 0 aromatic heterocycles. The SMILES string of the molecule is C[C@H](Oc1ccc(Cl)c(Cl)c1)C(=O)Nc1ccccc1F. The van der Waals surface area contributed by atoms with Crippen molar-refractivity contribution in [3.63, 3.8) is 0 Å². The third-order valence-corrected chi connectivity index (χ3v) is 3.44. The maximum absolute atomic E-state index is 13.4. The molecule has 0 spiro atoms. The molecule has 0 heterocycles. The molecule has 1 N–H and O–H groups in total. The van der Waals surface area contributed by atoms with Crippen molar-refractivity contribution in [1.29, 1.82) is 0 Å². The predicted octanol–water partition coefficient (Wildman–Crippen LogP) is 4.54. The number of benzene rings is 2. The summed E-state index contributed by atoms with van der Waals surface area (Å²) in [6, 6.07) is 10.6. The van der Waals surface area contributed by atoms with Gasteiger partial charge in [-0.25, -0.2) is 4.39 Å². The molecule has 0 unspecified atom stereocenters. The highest BCUT2D eigenvalue weighted by Crippen LogP contribution is 2.27. The van der Waals surface area contributed by atoms with Crippen molar-refractivity contribution in [2.24, 2.45) is 0 Å². The summed E-state index contributed by atoms with van der Waals surface area (Å²) < 4.78 is 18.9. The standard InChI is InChI=1S/C15H12Cl2FNO2/c1-9(21-10-6-7-11(16)12(17)8-10)15(20)19-14-5-3-2-4-13(14)18/h2-9H,1H3,(H,19,20)/t9-/m0/s1. The van der Waals surface area contributed by atoms with Gasteiger partial charge in [0.15, 0.2) is 6.10 Å². The zero-order chi connectivity index (χ0) is 15.4. The molecule has 2 aromatic carbocycles. The van der Waals surface area contributed by atoms with Crippen LogP contribution < -0.4 is 10.1 Å². The van der Waals surface area contributed by atoms with Crippen molar-refractivity contribution in [2.45, 2.75) is 13.0 Å². The average molecular weight is 328 g/mol. The predicted molar refractivity (Wildman–Crippen MR) is 81.6 cm³/mol. The van der Waals surface area contributed by atoms with Gasteiger partial charge in [0.05, 0.1) is 15.7 Å². The minimum absolute atomic E-state index is 0.104. The molecule has 2 aromatic rings. The highest BCUT2D eigenvalue weighted by atomic mass is 35.5. The van der Waals surface area contributed by atoms with Gasteiger partial charge >= 0.3 is 0 Å². The van der Waals surface area contributed by atoms with E-state index in [1.165, 1.54) is 18.2 Å². The van der Waals surface area contributed by atoms with E-state index in [1.54, 1.807) is 31.2 Å². The van der Waals surface area contributed by atoms with Crippen LogP contribution in [-0.2, 0) is 4.79 Å². The molecular formula is C15H12Cl2FNO2. The Morgan fingerprint density at radius 2 is 1.90 bits per heavy atom. The van der Waals surface area contributed by atoms with Gasteiger partial charge in [0, 0.05) is 6.07 Å². The maximum atomic E-state index is 13.4. The van der Waals surface area contributed by atoms with Crippen LogP contribution in [0, 0.1) is 5.82 Å². The van der Waals surface area contributed by atoms with Gasteiger partial charge in [0.1, 0.15) is 11.6 Å². The van der Waals surface area contributed by atoms with Gasteiger partial charge in [-0.3, -0.25) is 4.79 Å². The van der Waals surface area contributed by atoms with Crippen LogP contribution in [0.1, 0.15) is 6.92 Å². The Hall–Kier alpha value is -1.78. The molecule has 3 nitrogen and oxygen atoms in total. The molecule has 110 valence electrons. The number of halogens is 3. The summed E-state index contributed by atoms with van der Waals surface area (Å²) >= 11 is 11.7. The Labute approximate surface area is 131 Å². The van der Waals surface area contributed by atoms with Crippen molar-refractivity contribution in [1.82, 2.24) is 0 Å². The first-order chi connectivity index (χ1) is 9.97. The molecule has 0 aliphatic heterocycles. The summed E-state index contributed by atoms with van der Waals surface area (Å²) in [7, 11) is 0. The summed E-state index contributed by atoms with van der Waals surface area (Å²) in [6.07, 6.45) is -0.818. The summed E-state index contributed by atoms with van der Waals surface area (Å²) in [4.78, 5) is 12.0. The fourth-order valence-electron chi connectivity index (χ4n) is 1.60. The molecule has 0 saturated heterocycles. The molecule has 0 radical (unpaired) electrons. The van der Waals surface area contributed by atoms with E-state index in [-0.39, 0.29) is 5.69 Å². The van der Waals surface area contributed by atoms with Gasteiger partial charge < -0.3 is 10.1 Å². The summed E-state index contributed by atoms with van der Waals surface area (Å²) in [5, 5.41) is 3.18. The number of ether oxygens (including phenoxy) is 1. The molecule has 2 rings (SSSR count). The third-order valence-electron chi connectivity index (χ3n) is 2.70. The van der Waals surface area contributed by atoms with Crippen molar-refractivity contribution < 1.29 is 13.9 Å². The summed E-state index contributed by atoms with van der Waals surface area (Å²) in [6.45, 7) is 1.55. The number of hydrogen-bond acceptors (Lipinski definition) is 2. The van der Waals surface area contributed by atoms with E-state index in [0.29, 0.717) is 15.8 Å². The Bertz CT molecular complexity index is 664. The monoisotopic (exact) mass is 327 g/mol. The van der Waals surface area contributed by atoms with Crippen LogP contribution in [0.3, 0.4) is 0 Å². The van der Waals surface area contributed by atoms with Gasteiger partial charge in [-0.15, -0.1) is 0 Å². The minimum atomic E-state index is -0.818. The second-order valence-electron chi connectivity index (χ2n) is 4.31. The fraction of sp³-hybridized carbons (Fsp3) is 0.133. The number of para-hydroxylation sites is 1. The van der Waals surface area contributed by atoms with E-state index in [1.807, 2.05) is 0 Å². The topological polar surface area (TPSA) is 38.3 Å². The first kappa shape index (κ1) is 15.6. The minimum Gasteiger partial charge on any atom is -0.481 e. The summed E-state index contributed by atoms with van der Waals surface area (Å²) in [5.41, 5.74) is 0.104.